The number of piperidine rings is 1. The lowest BCUT2D eigenvalue weighted by atomic mass is 9.81. The van der Waals surface area contributed by atoms with Gasteiger partial charge in [0.15, 0.2) is 0 Å². The van der Waals surface area contributed by atoms with E-state index >= 15 is 0 Å². The van der Waals surface area contributed by atoms with Gasteiger partial charge in [0.2, 0.25) is 0 Å². The maximum atomic E-state index is 5.88. The van der Waals surface area contributed by atoms with Crippen LogP contribution in [-0.2, 0) is 0 Å². The third-order valence-corrected chi connectivity index (χ3v) is 5.06. The van der Waals surface area contributed by atoms with Gasteiger partial charge in [0.25, 0.3) is 0 Å². The highest BCUT2D eigenvalue weighted by Gasteiger charge is 2.27. The quantitative estimate of drug-likeness (QED) is 0.819. The number of hydrogen-bond acceptors (Lipinski definition) is 2. The normalized spacial score (nSPS) is 40.4. The molecule has 1 saturated heterocycles. The number of hydrogen-bond donors (Lipinski definition) is 1. The minimum atomic E-state index is 0.741. The summed E-state index contributed by atoms with van der Waals surface area (Å²) >= 11 is 0. The minimum absolute atomic E-state index is 0.741. The molecule has 4 atom stereocenters. The average Bonchev–Trinajstić information content (AvgIpc) is 2.32. The molecule has 0 aromatic rings. The fourth-order valence-corrected chi connectivity index (χ4v) is 3.79. The molecule has 0 aromatic heterocycles. The van der Waals surface area contributed by atoms with Crippen LogP contribution in [0.2, 0.25) is 0 Å². The highest BCUT2D eigenvalue weighted by molar-refractivity contribution is 4.81. The van der Waals surface area contributed by atoms with Crippen molar-refractivity contribution in [3.05, 3.63) is 0 Å². The summed E-state index contributed by atoms with van der Waals surface area (Å²) in [5, 5.41) is 0. The molecule has 0 radical (unpaired) electrons. The topological polar surface area (TPSA) is 29.3 Å². The predicted octanol–water partition coefficient (Wildman–Crippen LogP) is 2.73. The Morgan fingerprint density at radius 1 is 1.18 bits per heavy atom. The highest BCUT2D eigenvalue weighted by atomic mass is 15.1. The van der Waals surface area contributed by atoms with Gasteiger partial charge in [-0.2, -0.15) is 0 Å². The molecule has 0 spiro atoms. The van der Waals surface area contributed by atoms with E-state index in [1.165, 1.54) is 51.7 Å². The van der Waals surface area contributed by atoms with Gasteiger partial charge in [-0.15, -0.1) is 0 Å². The van der Waals surface area contributed by atoms with Gasteiger partial charge in [0.1, 0.15) is 0 Å². The van der Waals surface area contributed by atoms with Crippen LogP contribution >= 0.6 is 0 Å². The summed E-state index contributed by atoms with van der Waals surface area (Å²) in [7, 11) is 0. The molecule has 1 saturated carbocycles. The van der Waals surface area contributed by atoms with E-state index in [-0.39, 0.29) is 0 Å². The number of nitrogens with zero attached hydrogens (tertiary/aromatic N) is 1. The van der Waals surface area contributed by atoms with Crippen molar-refractivity contribution in [1.82, 2.24) is 4.90 Å². The molecule has 100 valence electrons. The SMILES string of the molecule is CC1CCCC(CN2CCC(C)C(CN)C2)C1. The van der Waals surface area contributed by atoms with Crippen LogP contribution in [0.1, 0.15) is 46.0 Å². The van der Waals surface area contributed by atoms with Crippen molar-refractivity contribution in [2.24, 2.45) is 29.4 Å². The monoisotopic (exact) mass is 238 g/mol. The van der Waals surface area contributed by atoms with Crippen LogP contribution < -0.4 is 5.73 Å². The summed E-state index contributed by atoms with van der Waals surface area (Å²) in [5.74, 6) is 3.50. The van der Waals surface area contributed by atoms with E-state index in [4.69, 9.17) is 5.73 Å². The van der Waals surface area contributed by atoms with Crippen molar-refractivity contribution in [3.63, 3.8) is 0 Å². The molecule has 0 amide bonds. The standard InChI is InChI=1S/C15H30N2/c1-12-4-3-5-14(8-12)10-17-7-6-13(2)15(9-16)11-17/h12-15H,3-11,16H2,1-2H3. The second-order valence-corrected chi connectivity index (χ2v) is 6.66. The van der Waals surface area contributed by atoms with Crippen LogP contribution in [0, 0.1) is 23.7 Å². The third kappa shape index (κ3) is 3.69. The molecule has 1 aliphatic heterocycles. The summed E-state index contributed by atoms with van der Waals surface area (Å²) in [6, 6.07) is 0. The summed E-state index contributed by atoms with van der Waals surface area (Å²) in [5.41, 5.74) is 5.88. The Morgan fingerprint density at radius 3 is 2.71 bits per heavy atom. The molecule has 0 aromatic carbocycles. The molecule has 1 aliphatic carbocycles. The first-order chi connectivity index (χ1) is 8.19. The molecule has 1 heterocycles. The first-order valence-corrected chi connectivity index (χ1v) is 7.61. The van der Waals surface area contributed by atoms with Crippen molar-refractivity contribution in [1.29, 1.82) is 0 Å². The molecule has 2 rings (SSSR count). The van der Waals surface area contributed by atoms with E-state index < -0.39 is 0 Å². The minimum Gasteiger partial charge on any atom is -0.330 e. The largest absolute Gasteiger partial charge is 0.330 e. The second-order valence-electron chi connectivity index (χ2n) is 6.66. The second kappa shape index (κ2) is 6.19. The van der Waals surface area contributed by atoms with E-state index in [1.807, 2.05) is 0 Å². The Balaban J connectivity index is 1.78. The Morgan fingerprint density at radius 2 is 2.00 bits per heavy atom. The molecule has 2 N–H and O–H groups in total. The zero-order valence-electron chi connectivity index (χ0n) is 11.7. The Bertz CT molecular complexity index is 229. The number of likely N-dealkylation sites (tertiary alicyclic amines) is 1. The lowest BCUT2D eigenvalue weighted by Gasteiger charge is -2.39. The molecule has 2 fully saturated rings. The van der Waals surface area contributed by atoms with Crippen LogP contribution in [0.3, 0.4) is 0 Å². The molecule has 2 heteroatoms. The van der Waals surface area contributed by atoms with Crippen LogP contribution in [0.15, 0.2) is 0 Å². The number of rotatable bonds is 3. The fraction of sp³-hybridized carbons (Fsp3) is 1.00. The summed E-state index contributed by atoms with van der Waals surface area (Å²) in [6.07, 6.45) is 7.18. The third-order valence-electron chi connectivity index (χ3n) is 5.06. The first kappa shape index (κ1) is 13.4. The van der Waals surface area contributed by atoms with Crippen molar-refractivity contribution >= 4 is 0 Å². The maximum Gasteiger partial charge on any atom is 0.00244 e. The summed E-state index contributed by atoms with van der Waals surface area (Å²) < 4.78 is 0. The van der Waals surface area contributed by atoms with Gasteiger partial charge in [-0.05, 0) is 56.0 Å². The molecule has 2 nitrogen and oxygen atoms in total. The van der Waals surface area contributed by atoms with Gasteiger partial charge < -0.3 is 10.6 Å². The number of nitrogens with two attached hydrogens (primary N) is 1. The smallest absolute Gasteiger partial charge is 0.00244 e. The van der Waals surface area contributed by atoms with Crippen molar-refractivity contribution in [2.75, 3.05) is 26.2 Å². The van der Waals surface area contributed by atoms with Gasteiger partial charge in [-0.3, -0.25) is 0 Å². The summed E-state index contributed by atoms with van der Waals surface area (Å²) in [4.78, 5) is 2.69. The van der Waals surface area contributed by atoms with E-state index in [0.717, 1.165) is 30.2 Å². The van der Waals surface area contributed by atoms with E-state index in [1.54, 1.807) is 0 Å². The van der Waals surface area contributed by atoms with Gasteiger partial charge in [-0.25, -0.2) is 0 Å². The van der Waals surface area contributed by atoms with Crippen molar-refractivity contribution < 1.29 is 0 Å². The van der Waals surface area contributed by atoms with Crippen molar-refractivity contribution in [2.45, 2.75) is 46.0 Å². The Hall–Kier alpha value is -0.0800. The van der Waals surface area contributed by atoms with Crippen LogP contribution in [0.5, 0.6) is 0 Å². The Labute approximate surface area is 107 Å². The van der Waals surface area contributed by atoms with Gasteiger partial charge in [0, 0.05) is 13.1 Å². The van der Waals surface area contributed by atoms with E-state index in [0.29, 0.717) is 0 Å². The molecule has 4 unspecified atom stereocenters. The summed E-state index contributed by atoms with van der Waals surface area (Å²) in [6.45, 7) is 9.57. The van der Waals surface area contributed by atoms with E-state index in [2.05, 4.69) is 18.7 Å². The zero-order valence-corrected chi connectivity index (χ0v) is 11.7. The van der Waals surface area contributed by atoms with Crippen LogP contribution in [0.4, 0.5) is 0 Å². The predicted molar refractivity (Wildman–Crippen MR) is 73.9 cm³/mol. The molecule has 2 aliphatic rings. The van der Waals surface area contributed by atoms with Crippen molar-refractivity contribution in [3.8, 4) is 0 Å². The van der Waals surface area contributed by atoms with Gasteiger partial charge >= 0.3 is 0 Å². The van der Waals surface area contributed by atoms with Crippen LogP contribution in [-0.4, -0.2) is 31.1 Å². The van der Waals surface area contributed by atoms with Crippen LogP contribution in [0.25, 0.3) is 0 Å². The lowest BCUT2D eigenvalue weighted by molar-refractivity contribution is 0.100. The van der Waals surface area contributed by atoms with Gasteiger partial charge in [0.05, 0.1) is 0 Å². The molecule has 0 bridgehead atoms. The van der Waals surface area contributed by atoms with E-state index in [9.17, 15) is 0 Å². The fourth-order valence-electron chi connectivity index (χ4n) is 3.79. The molecular weight excluding hydrogens is 208 g/mol. The average molecular weight is 238 g/mol. The maximum absolute atomic E-state index is 5.88. The Kier molecular flexibility index (Phi) is 4.87. The first-order valence-electron chi connectivity index (χ1n) is 7.61. The zero-order chi connectivity index (χ0) is 12.3. The lowest BCUT2D eigenvalue weighted by Crippen LogP contribution is -2.44. The highest BCUT2D eigenvalue weighted by Crippen LogP contribution is 2.30. The molecular formula is C15H30N2. The van der Waals surface area contributed by atoms with Gasteiger partial charge in [-0.1, -0.05) is 26.7 Å². The molecule has 17 heavy (non-hydrogen) atoms.